The van der Waals surface area contributed by atoms with E-state index in [2.05, 4.69) is 10.1 Å². The summed E-state index contributed by atoms with van der Waals surface area (Å²) in [5.41, 5.74) is 0.844. The first kappa shape index (κ1) is 21.0. The summed E-state index contributed by atoms with van der Waals surface area (Å²) in [6.45, 7) is -3.12. The third-order valence-electron chi connectivity index (χ3n) is 4.70. The van der Waals surface area contributed by atoms with E-state index in [0.717, 1.165) is 11.6 Å². The number of hydrogen-bond donors (Lipinski definition) is 1. The number of nitro groups is 1. The second-order valence-electron chi connectivity index (χ2n) is 6.80. The van der Waals surface area contributed by atoms with Gasteiger partial charge in [0, 0.05) is 23.7 Å². The van der Waals surface area contributed by atoms with Gasteiger partial charge in [-0.2, -0.15) is 8.78 Å². The SMILES string of the molecule is O=C(Nc1ccc(OC(F)F)c(Cc2ccccc2)c1)c1cc2c(cc1[N+](=O)[O-])OCO2. The van der Waals surface area contributed by atoms with Gasteiger partial charge < -0.3 is 19.5 Å². The van der Waals surface area contributed by atoms with E-state index in [1.807, 2.05) is 30.3 Å². The van der Waals surface area contributed by atoms with Crippen LogP contribution in [-0.2, 0) is 6.42 Å². The Hall–Kier alpha value is -4.21. The predicted molar refractivity (Wildman–Crippen MR) is 109 cm³/mol. The van der Waals surface area contributed by atoms with Gasteiger partial charge in [0.1, 0.15) is 11.3 Å². The van der Waals surface area contributed by atoms with E-state index in [9.17, 15) is 23.7 Å². The van der Waals surface area contributed by atoms with Gasteiger partial charge in [-0.3, -0.25) is 14.9 Å². The molecule has 0 radical (unpaired) electrons. The molecular weight excluding hydrogens is 426 g/mol. The summed E-state index contributed by atoms with van der Waals surface area (Å²) in [4.78, 5) is 23.5. The average molecular weight is 442 g/mol. The second kappa shape index (κ2) is 8.88. The number of alkyl halides is 2. The molecule has 10 heteroatoms. The molecule has 1 amide bonds. The molecule has 32 heavy (non-hydrogen) atoms. The standard InChI is InChI=1S/C22H16F2N2O6/c23-22(24)32-18-7-6-15(9-14(18)8-13-4-2-1-3-5-13)25-21(27)16-10-19-20(31-12-30-19)11-17(16)26(28)29/h1-7,9-11,22H,8,12H2,(H,25,27). The molecule has 1 aliphatic heterocycles. The minimum Gasteiger partial charge on any atom is -0.454 e. The summed E-state index contributed by atoms with van der Waals surface area (Å²) in [7, 11) is 0. The summed E-state index contributed by atoms with van der Waals surface area (Å²) >= 11 is 0. The van der Waals surface area contributed by atoms with Crippen molar-refractivity contribution in [2.45, 2.75) is 13.0 Å². The Balaban J connectivity index is 1.64. The minimum atomic E-state index is -3.01. The second-order valence-corrected chi connectivity index (χ2v) is 6.80. The van der Waals surface area contributed by atoms with Crippen LogP contribution < -0.4 is 19.5 Å². The van der Waals surface area contributed by atoms with Gasteiger partial charge in [-0.15, -0.1) is 0 Å². The molecule has 1 heterocycles. The van der Waals surface area contributed by atoms with Crippen LogP contribution in [0.5, 0.6) is 17.2 Å². The van der Waals surface area contributed by atoms with Crippen LogP contribution in [-0.4, -0.2) is 24.2 Å². The van der Waals surface area contributed by atoms with Crippen LogP contribution in [0.1, 0.15) is 21.5 Å². The van der Waals surface area contributed by atoms with Gasteiger partial charge in [0.2, 0.25) is 6.79 Å². The fourth-order valence-corrected chi connectivity index (χ4v) is 3.28. The number of nitro benzene ring substituents is 1. The topological polar surface area (TPSA) is 99.9 Å². The van der Waals surface area contributed by atoms with Crippen molar-refractivity contribution in [2.24, 2.45) is 0 Å². The van der Waals surface area contributed by atoms with Gasteiger partial charge in [-0.25, -0.2) is 0 Å². The molecule has 4 rings (SSSR count). The van der Waals surface area contributed by atoms with Gasteiger partial charge in [0.25, 0.3) is 11.6 Å². The number of hydrogen-bond acceptors (Lipinski definition) is 6. The molecule has 0 aliphatic carbocycles. The number of halogens is 2. The quantitative estimate of drug-likeness (QED) is 0.418. The van der Waals surface area contributed by atoms with Crippen LogP contribution >= 0.6 is 0 Å². The van der Waals surface area contributed by atoms with E-state index < -0.39 is 23.1 Å². The number of ether oxygens (including phenoxy) is 3. The van der Waals surface area contributed by atoms with Gasteiger partial charge in [-0.1, -0.05) is 30.3 Å². The summed E-state index contributed by atoms with van der Waals surface area (Å²) < 4.78 is 40.6. The van der Waals surface area contributed by atoms with Crippen molar-refractivity contribution in [1.82, 2.24) is 0 Å². The van der Waals surface area contributed by atoms with Crippen LogP contribution in [0.3, 0.4) is 0 Å². The van der Waals surface area contributed by atoms with Gasteiger partial charge >= 0.3 is 6.61 Å². The molecule has 164 valence electrons. The molecule has 0 atom stereocenters. The van der Waals surface area contributed by atoms with Gasteiger partial charge in [0.15, 0.2) is 11.5 Å². The Kier molecular flexibility index (Phi) is 5.84. The number of carbonyl (C=O) groups is 1. The Labute approximate surface area is 180 Å². The maximum Gasteiger partial charge on any atom is 0.387 e. The number of carbonyl (C=O) groups excluding carboxylic acids is 1. The molecule has 0 bridgehead atoms. The third kappa shape index (κ3) is 4.59. The van der Waals surface area contributed by atoms with Crippen molar-refractivity contribution in [3.63, 3.8) is 0 Å². The Morgan fingerprint density at radius 2 is 1.81 bits per heavy atom. The molecule has 0 fully saturated rings. The molecule has 0 unspecified atom stereocenters. The monoisotopic (exact) mass is 442 g/mol. The molecule has 3 aromatic carbocycles. The number of amides is 1. The van der Waals surface area contributed by atoms with E-state index in [0.29, 0.717) is 5.56 Å². The predicted octanol–water partition coefficient (Wildman–Crippen LogP) is 4.77. The molecule has 8 nitrogen and oxygen atoms in total. The molecule has 3 aromatic rings. The van der Waals surface area contributed by atoms with E-state index >= 15 is 0 Å². The number of anilines is 1. The maximum absolute atomic E-state index is 12.8. The molecule has 0 saturated carbocycles. The fourth-order valence-electron chi connectivity index (χ4n) is 3.28. The zero-order valence-electron chi connectivity index (χ0n) is 16.4. The lowest BCUT2D eigenvalue weighted by Crippen LogP contribution is -2.14. The van der Waals surface area contributed by atoms with Crippen molar-refractivity contribution in [2.75, 3.05) is 12.1 Å². The lowest BCUT2D eigenvalue weighted by atomic mass is 10.0. The van der Waals surface area contributed by atoms with Crippen LogP contribution in [0.2, 0.25) is 0 Å². The van der Waals surface area contributed by atoms with E-state index in [-0.39, 0.29) is 41.7 Å². The highest BCUT2D eigenvalue weighted by Gasteiger charge is 2.27. The molecule has 1 N–H and O–H groups in total. The van der Waals surface area contributed by atoms with Crippen LogP contribution in [0, 0.1) is 10.1 Å². The van der Waals surface area contributed by atoms with E-state index in [4.69, 9.17) is 9.47 Å². The minimum absolute atomic E-state index is 0.0316. The van der Waals surface area contributed by atoms with Gasteiger partial charge in [0.05, 0.1) is 11.0 Å². The van der Waals surface area contributed by atoms with Crippen molar-refractivity contribution in [1.29, 1.82) is 0 Å². The first-order chi connectivity index (χ1) is 15.4. The van der Waals surface area contributed by atoms with Crippen LogP contribution in [0.15, 0.2) is 60.7 Å². The molecule has 0 spiro atoms. The fraction of sp³-hybridized carbons (Fsp3) is 0.136. The lowest BCUT2D eigenvalue weighted by Gasteiger charge is -2.14. The zero-order valence-corrected chi connectivity index (χ0v) is 16.4. The highest BCUT2D eigenvalue weighted by Crippen LogP contribution is 2.38. The van der Waals surface area contributed by atoms with E-state index in [1.54, 1.807) is 0 Å². The van der Waals surface area contributed by atoms with Crippen molar-refractivity contribution < 1.29 is 32.7 Å². The van der Waals surface area contributed by atoms with Crippen molar-refractivity contribution in [3.8, 4) is 17.2 Å². The lowest BCUT2D eigenvalue weighted by molar-refractivity contribution is -0.385. The summed E-state index contributed by atoms with van der Waals surface area (Å²) in [6, 6.07) is 15.6. The molecule has 1 aliphatic rings. The summed E-state index contributed by atoms with van der Waals surface area (Å²) in [5, 5.41) is 14.0. The highest BCUT2D eigenvalue weighted by atomic mass is 19.3. The van der Waals surface area contributed by atoms with Crippen LogP contribution in [0.25, 0.3) is 0 Å². The van der Waals surface area contributed by atoms with Gasteiger partial charge in [-0.05, 0) is 23.8 Å². The van der Waals surface area contributed by atoms with Crippen LogP contribution in [0.4, 0.5) is 20.2 Å². The first-order valence-corrected chi connectivity index (χ1v) is 9.42. The largest absolute Gasteiger partial charge is 0.454 e. The van der Waals surface area contributed by atoms with Crippen molar-refractivity contribution in [3.05, 3.63) is 87.5 Å². The third-order valence-corrected chi connectivity index (χ3v) is 4.70. The summed E-state index contributed by atoms with van der Waals surface area (Å²) in [6.07, 6.45) is 0.275. The molecule has 0 saturated heterocycles. The van der Waals surface area contributed by atoms with E-state index in [1.165, 1.54) is 24.3 Å². The normalized spacial score (nSPS) is 12.0. The number of nitrogens with one attached hydrogen (secondary N) is 1. The zero-order chi connectivity index (χ0) is 22.7. The molecular formula is C22H16F2N2O6. The number of rotatable bonds is 7. The average Bonchev–Trinajstić information content (AvgIpc) is 3.22. The highest BCUT2D eigenvalue weighted by molar-refractivity contribution is 6.07. The number of benzene rings is 3. The Morgan fingerprint density at radius 3 is 2.50 bits per heavy atom. The summed E-state index contributed by atoms with van der Waals surface area (Å²) in [5.74, 6) is -0.405. The first-order valence-electron chi connectivity index (χ1n) is 9.42. The Bertz CT molecular complexity index is 1170. The maximum atomic E-state index is 12.8. The molecule has 0 aromatic heterocycles. The van der Waals surface area contributed by atoms with Crippen molar-refractivity contribution >= 4 is 17.3 Å². The smallest absolute Gasteiger partial charge is 0.387 e. The number of nitrogens with zero attached hydrogens (tertiary/aromatic N) is 1. The Morgan fingerprint density at radius 1 is 1.09 bits per heavy atom. The number of fused-ring (bicyclic) bond motifs is 1.